The van der Waals surface area contributed by atoms with Crippen molar-refractivity contribution in [3.63, 3.8) is 0 Å². The van der Waals surface area contributed by atoms with Gasteiger partial charge < -0.3 is 58.1 Å². The van der Waals surface area contributed by atoms with E-state index in [9.17, 15) is 68.1 Å². The SMILES string of the molecule is CC(C)(C)C.CC(C)N[C@@H](CCC(=O)O)C(=O)N[C@@H](CCC(=O)[C@H](CCC(=O)O)NC(=O)[C@H](CNC(=O)[C@H](CN)N1C(=O)CCC1=O)NC(=O)[C@H](CCC(=O)O)NC(C)(C)C)C(=O)O. The molecule has 23 nitrogen and oxygen atoms in total. The largest absolute Gasteiger partial charge is 0.481 e. The fraction of sp³-hybridized carbons (Fsp3) is 0.732. The first-order valence-corrected chi connectivity index (χ1v) is 21.0. The molecule has 0 aromatic heterocycles. The van der Waals surface area contributed by atoms with Gasteiger partial charge in [-0.15, -0.1) is 0 Å². The molecule has 0 aromatic rings. The number of hydrogen-bond acceptors (Lipinski definition) is 14. The van der Waals surface area contributed by atoms with Crippen molar-refractivity contribution in [2.24, 2.45) is 11.1 Å². The molecular weight excluding hydrogens is 844 g/mol. The van der Waals surface area contributed by atoms with E-state index in [1.165, 1.54) is 0 Å². The fourth-order valence-corrected chi connectivity index (χ4v) is 5.94. The van der Waals surface area contributed by atoms with Crippen molar-refractivity contribution in [1.82, 2.24) is 36.8 Å². The molecule has 0 bridgehead atoms. The van der Waals surface area contributed by atoms with Gasteiger partial charge in [-0.1, -0.05) is 41.5 Å². The summed E-state index contributed by atoms with van der Waals surface area (Å²) in [5.74, 6) is -11.4. The number of nitrogens with two attached hydrogens (primary N) is 1. The molecule has 0 unspecified atom stereocenters. The number of carboxylic acids is 4. The number of carbonyl (C=O) groups is 11. The van der Waals surface area contributed by atoms with E-state index in [-0.39, 0.29) is 31.7 Å². The monoisotopic (exact) mass is 914 g/mol. The average molecular weight is 915 g/mol. The van der Waals surface area contributed by atoms with Crippen LogP contribution < -0.4 is 37.6 Å². The van der Waals surface area contributed by atoms with E-state index in [0.29, 0.717) is 10.3 Å². The van der Waals surface area contributed by atoms with Gasteiger partial charge in [0.05, 0.1) is 18.1 Å². The number of carboxylic acid groups (broad SMARTS) is 4. The minimum Gasteiger partial charge on any atom is -0.481 e. The molecule has 0 saturated carbocycles. The van der Waals surface area contributed by atoms with Crippen molar-refractivity contribution in [2.75, 3.05) is 13.1 Å². The molecule has 0 aromatic carbocycles. The van der Waals surface area contributed by atoms with Gasteiger partial charge in [0.25, 0.3) is 0 Å². The highest BCUT2D eigenvalue weighted by atomic mass is 16.4. The third-order valence-electron chi connectivity index (χ3n) is 8.76. The Balaban J connectivity index is 0.00000748. The van der Waals surface area contributed by atoms with Gasteiger partial charge in [-0.2, -0.15) is 0 Å². The van der Waals surface area contributed by atoms with Gasteiger partial charge in [0.2, 0.25) is 35.4 Å². The quantitative estimate of drug-likeness (QED) is 0.0430. The average Bonchev–Trinajstić information content (AvgIpc) is 3.48. The smallest absolute Gasteiger partial charge is 0.326 e. The molecule has 364 valence electrons. The molecule has 0 spiro atoms. The van der Waals surface area contributed by atoms with Gasteiger partial charge in [-0.25, -0.2) is 4.79 Å². The number of aliphatic carboxylic acids is 4. The van der Waals surface area contributed by atoms with Crippen LogP contribution in [-0.4, -0.2) is 151 Å². The number of nitrogens with zero attached hydrogens (tertiary/aromatic N) is 1. The fourth-order valence-electron chi connectivity index (χ4n) is 5.94. The Kier molecular flexibility index (Phi) is 25.2. The van der Waals surface area contributed by atoms with E-state index >= 15 is 0 Å². The van der Waals surface area contributed by atoms with Gasteiger partial charge in [-0.3, -0.25) is 52.8 Å². The molecule has 6 amide bonds. The first-order valence-electron chi connectivity index (χ1n) is 21.0. The molecule has 12 N–H and O–H groups in total. The molecule has 1 fully saturated rings. The van der Waals surface area contributed by atoms with Crippen LogP contribution in [0.15, 0.2) is 0 Å². The van der Waals surface area contributed by atoms with Crippen molar-refractivity contribution < 1.29 is 73.2 Å². The second-order valence-corrected chi connectivity index (χ2v) is 18.3. The number of hydrogen-bond donors (Lipinski definition) is 11. The van der Waals surface area contributed by atoms with Crippen molar-refractivity contribution in [2.45, 2.75) is 174 Å². The summed E-state index contributed by atoms with van der Waals surface area (Å²) >= 11 is 0. The number of ketones is 1. The van der Waals surface area contributed by atoms with Crippen molar-refractivity contribution in [3.05, 3.63) is 0 Å². The van der Waals surface area contributed by atoms with Gasteiger partial charge in [0.15, 0.2) is 5.78 Å². The Morgan fingerprint density at radius 1 is 0.594 bits per heavy atom. The Labute approximate surface area is 373 Å². The Hall–Kier alpha value is -5.55. The molecule has 64 heavy (non-hydrogen) atoms. The van der Waals surface area contributed by atoms with Crippen LogP contribution >= 0.6 is 0 Å². The van der Waals surface area contributed by atoms with Crippen molar-refractivity contribution in [1.29, 1.82) is 0 Å². The van der Waals surface area contributed by atoms with Crippen LogP contribution in [0.2, 0.25) is 0 Å². The maximum Gasteiger partial charge on any atom is 0.326 e. The van der Waals surface area contributed by atoms with Gasteiger partial charge in [-0.05, 0) is 51.9 Å². The number of amides is 6. The van der Waals surface area contributed by atoms with Crippen molar-refractivity contribution >= 4 is 65.1 Å². The standard InChI is InChI=1S/C36H58N8O15.C5H12/c1-18(2)39-20(8-14-29(50)51)31(54)41-22(35(58)59)6-10-25(45)19(7-13-28(48)49)40-33(56)23(42-32(55)21(9-15-30(52)53)43-36(3,4)5)17-38-34(57)24(16-37)44-26(46)11-12-27(44)47;1-5(2,3)4/h18-24,39,43H,6-17,37H2,1-5H3,(H,38,57)(H,40,56)(H,41,54)(H,42,55)(H,48,49)(H,50,51)(H,52,53)(H,58,59);1-4H3/t19-,20-,21-,22-,23-,24-;/m0./s1. The number of likely N-dealkylation sites (tertiary alicyclic amines) is 1. The molecule has 1 aliphatic heterocycles. The maximum atomic E-state index is 13.9. The lowest BCUT2D eigenvalue weighted by molar-refractivity contribution is -0.146. The number of carbonyl (C=O) groups excluding carboxylic acids is 7. The number of nitrogens with one attached hydrogen (secondary N) is 6. The third kappa shape index (κ3) is 24.9. The minimum absolute atomic E-state index is 0.157. The maximum absolute atomic E-state index is 13.9. The molecule has 1 aliphatic rings. The molecule has 0 radical (unpaired) electrons. The second-order valence-electron chi connectivity index (χ2n) is 18.3. The first kappa shape index (κ1) is 58.4. The zero-order chi connectivity index (χ0) is 49.7. The van der Waals surface area contributed by atoms with Crippen LogP contribution in [0.25, 0.3) is 0 Å². The van der Waals surface area contributed by atoms with Crippen LogP contribution in [0.1, 0.15) is 127 Å². The van der Waals surface area contributed by atoms with Crippen LogP contribution in [-0.2, 0) is 52.7 Å². The van der Waals surface area contributed by atoms with E-state index in [1.807, 2.05) is 0 Å². The summed E-state index contributed by atoms with van der Waals surface area (Å²) in [4.78, 5) is 139. The lowest BCUT2D eigenvalue weighted by Crippen LogP contribution is -2.61. The van der Waals surface area contributed by atoms with Crippen molar-refractivity contribution in [3.8, 4) is 0 Å². The molecule has 1 rings (SSSR count). The molecular formula is C41H70N8O15. The van der Waals surface area contributed by atoms with Crippen LogP contribution in [0.4, 0.5) is 0 Å². The minimum atomic E-state index is -1.74. The lowest BCUT2D eigenvalue weighted by Gasteiger charge is -2.30. The zero-order valence-electron chi connectivity index (χ0n) is 38.3. The lowest BCUT2D eigenvalue weighted by atomic mass is 9.99. The molecule has 0 aliphatic carbocycles. The summed E-state index contributed by atoms with van der Waals surface area (Å²) in [6, 6.07) is -9.12. The number of rotatable bonds is 28. The molecule has 23 heteroatoms. The van der Waals surface area contributed by atoms with E-state index in [0.717, 1.165) is 0 Å². The predicted octanol–water partition coefficient (Wildman–Crippen LogP) is -0.763. The summed E-state index contributed by atoms with van der Waals surface area (Å²) in [5, 5.41) is 52.7. The number of Topliss-reactive ketones (excluding diaryl/α,β-unsaturated/α-hetero) is 1. The Morgan fingerprint density at radius 2 is 0.984 bits per heavy atom. The van der Waals surface area contributed by atoms with E-state index in [1.54, 1.807) is 34.6 Å². The highest BCUT2D eigenvalue weighted by molar-refractivity contribution is 6.06. The zero-order valence-corrected chi connectivity index (χ0v) is 38.3. The Morgan fingerprint density at radius 3 is 1.41 bits per heavy atom. The summed E-state index contributed by atoms with van der Waals surface area (Å²) in [6.45, 7) is 15.9. The summed E-state index contributed by atoms with van der Waals surface area (Å²) in [6.07, 6.45) is -3.98. The van der Waals surface area contributed by atoms with E-state index < -0.39 is 159 Å². The molecule has 1 saturated heterocycles. The number of imide groups is 1. The highest BCUT2D eigenvalue weighted by Crippen LogP contribution is 2.16. The van der Waals surface area contributed by atoms with Crippen LogP contribution in [0, 0.1) is 5.41 Å². The normalized spacial score (nSPS) is 15.6. The van der Waals surface area contributed by atoms with E-state index in [2.05, 4.69) is 59.6 Å². The second kappa shape index (κ2) is 27.6. The topological polar surface area (TPSA) is 370 Å². The summed E-state index contributed by atoms with van der Waals surface area (Å²) in [5.41, 5.74) is 5.46. The van der Waals surface area contributed by atoms with Gasteiger partial charge in [0.1, 0.15) is 18.1 Å². The third-order valence-corrected chi connectivity index (χ3v) is 8.76. The van der Waals surface area contributed by atoms with Crippen LogP contribution in [0.5, 0.6) is 0 Å². The Bertz CT molecular complexity index is 1650. The summed E-state index contributed by atoms with van der Waals surface area (Å²) in [7, 11) is 0. The molecule has 1 heterocycles. The van der Waals surface area contributed by atoms with Gasteiger partial charge >= 0.3 is 23.9 Å². The van der Waals surface area contributed by atoms with Gasteiger partial charge in [0, 0.05) is 63.2 Å². The molecule has 6 atom stereocenters. The predicted molar refractivity (Wildman–Crippen MR) is 229 cm³/mol. The highest BCUT2D eigenvalue weighted by Gasteiger charge is 2.39. The van der Waals surface area contributed by atoms with Crippen LogP contribution in [0.3, 0.4) is 0 Å². The van der Waals surface area contributed by atoms with E-state index in [4.69, 9.17) is 10.8 Å². The first-order chi connectivity index (χ1) is 29.4. The summed E-state index contributed by atoms with van der Waals surface area (Å²) < 4.78 is 0.